The van der Waals surface area contributed by atoms with Gasteiger partial charge in [-0.15, -0.1) is 6.58 Å². The molecule has 0 amide bonds. The van der Waals surface area contributed by atoms with Gasteiger partial charge in [-0.1, -0.05) is 6.08 Å². The van der Waals surface area contributed by atoms with E-state index in [0.29, 0.717) is 24.6 Å². The lowest BCUT2D eigenvalue weighted by atomic mass is 10.3. The van der Waals surface area contributed by atoms with Crippen molar-refractivity contribution in [1.29, 1.82) is 0 Å². The Hall–Kier alpha value is -1.57. The van der Waals surface area contributed by atoms with Crippen LogP contribution in [0.4, 0.5) is 0 Å². The highest BCUT2D eigenvalue weighted by Gasteiger charge is 2.29. The number of piperazine rings is 1. The summed E-state index contributed by atoms with van der Waals surface area (Å²) in [4.78, 5) is 2.43. The molecule has 0 aromatic heterocycles. The summed E-state index contributed by atoms with van der Waals surface area (Å²) >= 11 is 0. The molecule has 1 saturated heterocycles. The van der Waals surface area contributed by atoms with Crippen molar-refractivity contribution in [3.63, 3.8) is 0 Å². The molecule has 0 bridgehead atoms. The molecule has 0 spiro atoms. The molecule has 0 atom stereocenters. The average Bonchev–Trinajstić information content (AvgIpc) is 2.95. The number of fused-ring (bicyclic) bond motifs is 1. The SMILES string of the molecule is C=CCN1CCN(S(=O)(=O)c2ccc3c(c2)OCO3)CC1. The van der Waals surface area contributed by atoms with Crippen LogP contribution in [0.5, 0.6) is 11.5 Å². The summed E-state index contributed by atoms with van der Waals surface area (Å²) in [5, 5.41) is 0. The third kappa shape index (κ3) is 2.76. The van der Waals surface area contributed by atoms with E-state index < -0.39 is 10.0 Å². The molecule has 1 fully saturated rings. The Balaban J connectivity index is 1.77. The predicted molar refractivity (Wildman–Crippen MR) is 78.0 cm³/mol. The first-order valence-corrected chi connectivity index (χ1v) is 8.28. The fourth-order valence-corrected chi connectivity index (χ4v) is 3.96. The second-order valence-corrected chi connectivity index (χ2v) is 6.95. The van der Waals surface area contributed by atoms with Crippen LogP contribution in [0, 0.1) is 0 Å². The van der Waals surface area contributed by atoms with E-state index in [4.69, 9.17) is 9.47 Å². The minimum Gasteiger partial charge on any atom is -0.454 e. The molecule has 1 aromatic rings. The molecule has 0 radical (unpaired) electrons. The summed E-state index contributed by atoms with van der Waals surface area (Å²) in [6.45, 7) is 7.05. The van der Waals surface area contributed by atoms with E-state index in [0.717, 1.165) is 19.6 Å². The molecule has 0 aliphatic carbocycles. The van der Waals surface area contributed by atoms with Gasteiger partial charge in [-0.3, -0.25) is 4.90 Å². The standard InChI is InChI=1S/C14H18N2O4S/c1-2-5-15-6-8-16(9-7-15)21(17,18)12-3-4-13-14(10-12)20-11-19-13/h2-4,10H,1,5-9,11H2. The van der Waals surface area contributed by atoms with Gasteiger partial charge in [0.15, 0.2) is 11.5 Å². The predicted octanol–water partition coefficient (Wildman–Crippen LogP) is 0.908. The molecule has 2 aliphatic heterocycles. The second kappa shape index (κ2) is 5.67. The molecule has 21 heavy (non-hydrogen) atoms. The van der Waals surface area contributed by atoms with Gasteiger partial charge in [-0.25, -0.2) is 8.42 Å². The van der Waals surface area contributed by atoms with Crippen molar-refractivity contribution in [2.24, 2.45) is 0 Å². The number of ether oxygens (including phenoxy) is 2. The molecule has 7 heteroatoms. The van der Waals surface area contributed by atoms with Crippen LogP contribution in [0.3, 0.4) is 0 Å². The van der Waals surface area contributed by atoms with Crippen LogP contribution >= 0.6 is 0 Å². The third-order valence-corrected chi connectivity index (χ3v) is 5.60. The minimum absolute atomic E-state index is 0.138. The fraction of sp³-hybridized carbons (Fsp3) is 0.429. The van der Waals surface area contributed by atoms with Crippen LogP contribution in [0.2, 0.25) is 0 Å². The first kappa shape index (κ1) is 14.4. The molecule has 0 N–H and O–H groups in total. The van der Waals surface area contributed by atoms with Gasteiger partial charge in [0.25, 0.3) is 0 Å². The Bertz CT molecular complexity index is 636. The van der Waals surface area contributed by atoms with Crippen LogP contribution in [-0.4, -0.2) is 57.1 Å². The van der Waals surface area contributed by atoms with Crippen molar-refractivity contribution in [1.82, 2.24) is 9.21 Å². The summed E-state index contributed by atoms with van der Waals surface area (Å²) in [7, 11) is -3.48. The summed E-state index contributed by atoms with van der Waals surface area (Å²) in [5.41, 5.74) is 0. The van der Waals surface area contributed by atoms with Crippen LogP contribution < -0.4 is 9.47 Å². The summed E-state index contributed by atoms with van der Waals surface area (Å²) in [6, 6.07) is 4.75. The summed E-state index contributed by atoms with van der Waals surface area (Å²) < 4.78 is 37.3. The lowest BCUT2D eigenvalue weighted by Crippen LogP contribution is -2.48. The number of sulfonamides is 1. The topological polar surface area (TPSA) is 59.1 Å². The van der Waals surface area contributed by atoms with Gasteiger partial charge >= 0.3 is 0 Å². The highest BCUT2D eigenvalue weighted by molar-refractivity contribution is 7.89. The van der Waals surface area contributed by atoms with Gasteiger partial charge in [0.1, 0.15) is 0 Å². The van der Waals surface area contributed by atoms with E-state index in [1.165, 1.54) is 10.4 Å². The quantitative estimate of drug-likeness (QED) is 0.774. The zero-order valence-electron chi connectivity index (χ0n) is 11.7. The molecule has 6 nitrogen and oxygen atoms in total. The van der Waals surface area contributed by atoms with Crippen molar-refractivity contribution in [2.75, 3.05) is 39.5 Å². The van der Waals surface area contributed by atoms with Crippen molar-refractivity contribution in [2.45, 2.75) is 4.90 Å². The second-order valence-electron chi connectivity index (χ2n) is 5.01. The maximum absolute atomic E-state index is 12.6. The molecular weight excluding hydrogens is 292 g/mol. The van der Waals surface area contributed by atoms with Gasteiger partial charge in [0.2, 0.25) is 16.8 Å². The van der Waals surface area contributed by atoms with Crippen molar-refractivity contribution < 1.29 is 17.9 Å². The van der Waals surface area contributed by atoms with E-state index in [1.807, 2.05) is 6.08 Å². The molecule has 3 rings (SSSR count). The van der Waals surface area contributed by atoms with Crippen molar-refractivity contribution in [3.05, 3.63) is 30.9 Å². The normalized spacial score (nSPS) is 19.6. The first-order chi connectivity index (χ1) is 10.1. The van der Waals surface area contributed by atoms with Crippen LogP contribution in [0.15, 0.2) is 35.7 Å². The van der Waals surface area contributed by atoms with Gasteiger partial charge < -0.3 is 9.47 Å². The van der Waals surface area contributed by atoms with E-state index in [2.05, 4.69) is 11.5 Å². The molecule has 0 saturated carbocycles. The van der Waals surface area contributed by atoms with E-state index in [1.54, 1.807) is 12.1 Å². The third-order valence-electron chi connectivity index (χ3n) is 3.70. The van der Waals surface area contributed by atoms with Gasteiger partial charge in [-0.05, 0) is 12.1 Å². The number of benzene rings is 1. The summed E-state index contributed by atoms with van der Waals surface area (Å²) in [5.74, 6) is 1.08. The number of hydrogen-bond acceptors (Lipinski definition) is 5. The minimum atomic E-state index is -3.48. The molecule has 2 heterocycles. The van der Waals surface area contributed by atoms with Crippen molar-refractivity contribution >= 4 is 10.0 Å². The van der Waals surface area contributed by atoms with Crippen LogP contribution in [-0.2, 0) is 10.0 Å². The van der Waals surface area contributed by atoms with Gasteiger partial charge in [0.05, 0.1) is 4.90 Å². The maximum Gasteiger partial charge on any atom is 0.243 e. The zero-order chi connectivity index (χ0) is 14.9. The van der Waals surface area contributed by atoms with Crippen LogP contribution in [0.25, 0.3) is 0 Å². The lowest BCUT2D eigenvalue weighted by Gasteiger charge is -2.33. The van der Waals surface area contributed by atoms with E-state index in [9.17, 15) is 8.42 Å². The molecule has 114 valence electrons. The Labute approximate surface area is 124 Å². The Morgan fingerprint density at radius 3 is 2.57 bits per heavy atom. The summed E-state index contributed by atoms with van der Waals surface area (Å²) in [6.07, 6.45) is 1.84. The number of rotatable bonds is 4. The highest BCUT2D eigenvalue weighted by atomic mass is 32.2. The van der Waals surface area contributed by atoms with Crippen LogP contribution in [0.1, 0.15) is 0 Å². The highest BCUT2D eigenvalue weighted by Crippen LogP contribution is 2.34. The first-order valence-electron chi connectivity index (χ1n) is 6.84. The number of nitrogens with zero attached hydrogens (tertiary/aromatic N) is 2. The maximum atomic E-state index is 12.6. The number of hydrogen-bond donors (Lipinski definition) is 0. The van der Waals surface area contributed by atoms with Crippen molar-refractivity contribution in [3.8, 4) is 11.5 Å². The Morgan fingerprint density at radius 2 is 1.86 bits per heavy atom. The fourth-order valence-electron chi connectivity index (χ4n) is 2.52. The smallest absolute Gasteiger partial charge is 0.243 e. The zero-order valence-corrected chi connectivity index (χ0v) is 12.5. The monoisotopic (exact) mass is 310 g/mol. The van der Waals surface area contributed by atoms with E-state index in [-0.39, 0.29) is 11.7 Å². The lowest BCUT2D eigenvalue weighted by molar-refractivity contribution is 0.174. The molecule has 1 aromatic carbocycles. The van der Waals surface area contributed by atoms with Gasteiger partial charge in [-0.2, -0.15) is 4.31 Å². The van der Waals surface area contributed by atoms with E-state index >= 15 is 0 Å². The van der Waals surface area contributed by atoms with Gasteiger partial charge in [0, 0.05) is 38.8 Å². The largest absolute Gasteiger partial charge is 0.454 e. The molecule has 2 aliphatic rings. The Morgan fingerprint density at radius 1 is 1.14 bits per heavy atom. The average molecular weight is 310 g/mol. The Kier molecular flexibility index (Phi) is 3.88. The molecule has 0 unspecified atom stereocenters. The molecular formula is C14H18N2O4S.